The number of nitrogens with one attached hydrogen (secondary N) is 1. The van der Waals surface area contributed by atoms with Gasteiger partial charge in [-0.25, -0.2) is 4.39 Å². The van der Waals surface area contributed by atoms with Gasteiger partial charge in [0, 0.05) is 18.6 Å². The Kier molecular flexibility index (Phi) is 8.41. The van der Waals surface area contributed by atoms with Gasteiger partial charge in [-0.1, -0.05) is 36.9 Å². The van der Waals surface area contributed by atoms with Crippen LogP contribution in [0.3, 0.4) is 0 Å². The summed E-state index contributed by atoms with van der Waals surface area (Å²) in [5.41, 5.74) is 7.05. The molecule has 4 nitrogen and oxygen atoms in total. The molecule has 0 aromatic heterocycles. The second kappa shape index (κ2) is 10.1. The molecule has 0 amide bonds. The van der Waals surface area contributed by atoms with E-state index in [-0.39, 0.29) is 40.9 Å². The largest absolute Gasteiger partial charge is 0.370 e. The SMILES string of the molecule is CN1CCC(CN=C(N)NC2CCCCC2)C1c1ccc(Cl)c(F)c1.I. The van der Waals surface area contributed by atoms with Gasteiger partial charge >= 0.3 is 0 Å². The van der Waals surface area contributed by atoms with Crippen LogP contribution in [0, 0.1) is 11.7 Å². The van der Waals surface area contributed by atoms with Crippen molar-refractivity contribution in [3.8, 4) is 0 Å². The van der Waals surface area contributed by atoms with Crippen molar-refractivity contribution in [1.82, 2.24) is 10.2 Å². The third-order valence-electron chi connectivity index (χ3n) is 5.51. The first-order valence-corrected chi connectivity index (χ1v) is 9.64. The molecule has 1 aromatic rings. The molecule has 1 heterocycles. The minimum atomic E-state index is -0.361. The highest BCUT2D eigenvalue weighted by molar-refractivity contribution is 14.0. The Morgan fingerprint density at radius 3 is 2.73 bits per heavy atom. The lowest BCUT2D eigenvalue weighted by Gasteiger charge is -2.26. The van der Waals surface area contributed by atoms with Gasteiger partial charge in [0.1, 0.15) is 5.82 Å². The van der Waals surface area contributed by atoms with Crippen LogP contribution >= 0.6 is 35.6 Å². The Morgan fingerprint density at radius 2 is 2.04 bits per heavy atom. The molecule has 7 heteroatoms. The predicted octanol–water partition coefficient (Wildman–Crippen LogP) is 4.33. The number of hydrogen-bond acceptors (Lipinski definition) is 2. The van der Waals surface area contributed by atoms with Gasteiger partial charge in [0.2, 0.25) is 0 Å². The molecule has 2 fully saturated rings. The second-order valence-electron chi connectivity index (χ2n) is 7.35. The molecular weight excluding hydrogens is 466 g/mol. The maximum Gasteiger partial charge on any atom is 0.188 e. The lowest BCUT2D eigenvalue weighted by Crippen LogP contribution is -2.41. The summed E-state index contributed by atoms with van der Waals surface area (Å²) >= 11 is 5.82. The van der Waals surface area contributed by atoms with Crippen molar-refractivity contribution in [3.63, 3.8) is 0 Å². The fourth-order valence-electron chi connectivity index (χ4n) is 4.16. The molecule has 0 radical (unpaired) electrons. The van der Waals surface area contributed by atoms with Crippen molar-refractivity contribution in [2.45, 2.75) is 50.6 Å². The molecular formula is C19H29ClFIN4. The third-order valence-corrected chi connectivity index (χ3v) is 5.82. The number of nitrogens with zero attached hydrogens (tertiary/aromatic N) is 2. The van der Waals surface area contributed by atoms with E-state index >= 15 is 0 Å². The van der Waals surface area contributed by atoms with Crippen LogP contribution in [-0.4, -0.2) is 37.0 Å². The highest BCUT2D eigenvalue weighted by Gasteiger charge is 2.33. The second-order valence-corrected chi connectivity index (χ2v) is 7.76. The Bertz CT molecular complexity index is 622. The summed E-state index contributed by atoms with van der Waals surface area (Å²) in [5.74, 6) is 0.514. The molecule has 1 aliphatic heterocycles. The molecule has 3 N–H and O–H groups in total. The Labute approximate surface area is 177 Å². The lowest BCUT2D eigenvalue weighted by molar-refractivity contribution is 0.279. The zero-order chi connectivity index (χ0) is 17.8. The highest BCUT2D eigenvalue weighted by atomic mass is 127. The molecule has 1 saturated carbocycles. The number of benzene rings is 1. The molecule has 0 bridgehead atoms. The Morgan fingerprint density at radius 1 is 1.31 bits per heavy atom. The Hall–Kier alpha value is -0.600. The van der Waals surface area contributed by atoms with E-state index in [1.807, 2.05) is 6.07 Å². The van der Waals surface area contributed by atoms with Crippen LogP contribution in [0.25, 0.3) is 0 Å². The predicted molar refractivity (Wildman–Crippen MR) is 117 cm³/mol. The summed E-state index contributed by atoms with van der Waals surface area (Å²) in [6, 6.07) is 5.72. The molecule has 2 aliphatic rings. The number of rotatable bonds is 4. The first-order valence-electron chi connectivity index (χ1n) is 9.26. The summed E-state index contributed by atoms with van der Waals surface area (Å²) in [4.78, 5) is 6.84. The van der Waals surface area contributed by atoms with Crippen molar-refractivity contribution in [2.24, 2.45) is 16.6 Å². The Balaban J connectivity index is 0.00000243. The zero-order valence-corrected chi connectivity index (χ0v) is 18.3. The van der Waals surface area contributed by atoms with Gasteiger partial charge in [-0.15, -0.1) is 24.0 Å². The standard InChI is InChI=1S/C19H28ClFN4.HI/c1-25-10-9-14(18(25)13-7-8-16(20)17(21)11-13)12-23-19(22)24-15-5-3-2-4-6-15;/h7-8,11,14-15,18H,2-6,9-10,12H2,1H3,(H3,22,23,24);1H. The maximum absolute atomic E-state index is 13.9. The topological polar surface area (TPSA) is 53.6 Å². The fraction of sp³-hybridized carbons (Fsp3) is 0.632. The van der Waals surface area contributed by atoms with E-state index in [0.29, 0.717) is 24.5 Å². The number of halogens is 3. The quantitative estimate of drug-likeness (QED) is 0.372. The van der Waals surface area contributed by atoms with Crippen molar-refractivity contribution in [1.29, 1.82) is 0 Å². The van der Waals surface area contributed by atoms with Gasteiger partial charge in [-0.2, -0.15) is 0 Å². The summed E-state index contributed by atoms with van der Waals surface area (Å²) < 4.78 is 13.9. The summed E-state index contributed by atoms with van der Waals surface area (Å²) in [5, 5.41) is 3.53. The molecule has 2 unspecified atom stereocenters. The molecule has 1 aliphatic carbocycles. The van der Waals surface area contributed by atoms with E-state index in [9.17, 15) is 4.39 Å². The van der Waals surface area contributed by atoms with Crippen LogP contribution in [0.5, 0.6) is 0 Å². The van der Waals surface area contributed by atoms with Crippen LogP contribution in [0.1, 0.15) is 50.1 Å². The third kappa shape index (κ3) is 5.45. The average molecular weight is 495 g/mol. The summed E-state index contributed by atoms with van der Waals surface area (Å²) in [6.45, 7) is 1.63. The molecule has 3 rings (SSSR count). The van der Waals surface area contributed by atoms with E-state index < -0.39 is 0 Å². The highest BCUT2D eigenvalue weighted by Crippen LogP contribution is 2.37. The summed E-state index contributed by atoms with van der Waals surface area (Å²) in [6.07, 6.45) is 7.24. The lowest BCUT2D eigenvalue weighted by atomic mass is 9.93. The zero-order valence-electron chi connectivity index (χ0n) is 15.3. The van der Waals surface area contributed by atoms with Crippen LogP contribution in [0.2, 0.25) is 5.02 Å². The van der Waals surface area contributed by atoms with E-state index in [2.05, 4.69) is 22.3 Å². The van der Waals surface area contributed by atoms with Crippen LogP contribution in [0.15, 0.2) is 23.2 Å². The van der Waals surface area contributed by atoms with Crippen molar-refractivity contribution in [3.05, 3.63) is 34.6 Å². The van der Waals surface area contributed by atoms with Crippen LogP contribution in [0.4, 0.5) is 4.39 Å². The first kappa shape index (κ1) is 21.7. The maximum atomic E-state index is 13.9. The van der Waals surface area contributed by atoms with Gasteiger partial charge in [0.05, 0.1) is 5.02 Å². The van der Waals surface area contributed by atoms with Crippen molar-refractivity contribution >= 4 is 41.5 Å². The normalized spacial score (nSPS) is 25.1. The van der Waals surface area contributed by atoms with Crippen molar-refractivity contribution < 1.29 is 4.39 Å². The smallest absolute Gasteiger partial charge is 0.188 e. The van der Waals surface area contributed by atoms with E-state index in [1.54, 1.807) is 12.1 Å². The minimum Gasteiger partial charge on any atom is -0.370 e. The summed E-state index contributed by atoms with van der Waals surface area (Å²) in [7, 11) is 2.07. The molecule has 26 heavy (non-hydrogen) atoms. The van der Waals surface area contributed by atoms with Gasteiger partial charge < -0.3 is 11.1 Å². The van der Waals surface area contributed by atoms with Gasteiger partial charge in [-0.05, 0) is 56.5 Å². The van der Waals surface area contributed by atoms with E-state index in [0.717, 1.165) is 18.5 Å². The van der Waals surface area contributed by atoms with Crippen LogP contribution < -0.4 is 11.1 Å². The van der Waals surface area contributed by atoms with E-state index in [4.69, 9.17) is 17.3 Å². The first-order chi connectivity index (χ1) is 12.0. The molecule has 1 saturated heterocycles. The number of aliphatic imine (C=N–C) groups is 1. The average Bonchev–Trinajstić information content (AvgIpc) is 2.97. The molecule has 0 spiro atoms. The van der Waals surface area contributed by atoms with Crippen LogP contribution in [-0.2, 0) is 0 Å². The number of guanidine groups is 1. The fourth-order valence-corrected chi connectivity index (χ4v) is 4.28. The number of hydrogen-bond donors (Lipinski definition) is 2. The monoisotopic (exact) mass is 494 g/mol. The van der Waals surface area contributed by atoms with Crippen molar-refractivity contribution in [2.75, 3.05) is 20.1 Å². The molecule has 1 aromatic carbocycles. The minimum absolute atomic E-state index is 0. The van der Waals surface area contributed by atoms with Gasteiger partial charge in [-0.3, -0.25) is 9.89 Å². The van der Waals surface area contributed by atoms with Gasteiger partial charge in [0.15, 0.2) is 5.96 Å². The van der Waals surface area contributed by atoms with E-state index in [1.165, 1.54) is 32.1 Å². The molecule has 146 valence electrons. The molecule has 2 atom stereocenters. The van der Waals surface area contributed by atoms with Gasteiger partial charge in [0.25, 0.3) is 0 Å². The number of likely N-dealkylation sites (tertiary alicyclic amines) is 1. The number of nitrogens with two attached hydrogens (primary N) is 1.